The van der Waals surface area contributed by atoms with Crippen LogP contribution >= 0.6 is 0 Å². The van der Waals surface area contributed by atoms with Crippen molar-refractivity contribution in [1.82, 2.24) is 10.2 Å². The molecule has 1 aliphatic heterocycles. The van der Waals surface area contributed by atoms with Crippen molar-refractivity contribution in [3.63, 3.8) is 0 Å². The SMILES string of the molecule is NC(CNCCC(=O)N1CCOCC1)=NO. The van der Waals surface area contributed by atoms with Crippen LogP contribution in [0.15, 0.2) is 5.16 Å². The molecule has 1 rings (SSSR count). The molecule has 0 spiro atoms. The number of ether oxygens (including phenoxy) is 1. The second-order valence-corrected chi connectivity index (χ2v) is 3.51. The zero-order valence-electron chi connectivity index (χ0n) is 9.19. The topological polar surface area (TPSA) is 100 Å². The second kappa shape index (κ2) is 7.02. The number of oxime groups is 1. The summed E-state index contributed by atoms with van der Waals surface area (Å²) in [5, 5.41) is 14.0. The van der Waals surface area contributed by atoms with E-state index < -0.39 is 0 Å². The molecule has 1 aliphatic rings. The smallest absolute Gasteiger partial charge is 0.224 e. The van der Waals surface area contributed by atoms with E-state index in [2.05, 4.69) is 10.5 Å². The molecule has 1 saturated heterocycles. The first kappa shape index (κ1) is 12.7. The summed E-state index contributed by atoms with van der Waals surface area (Å²) in [5.41, 5.74) is 5.26. The Morgan fingerprint density at radius 1 is 1.50 bits per heavy atom. The lowest BCUT2D eigenvalue weighted by Gasteiger charge is -2.26. The number of nitrogens with one attached hydrogen (secondary N) is 1. The lowest BCUT2D eigenvalue weighted by atomic mass is 10.3. The molecule has 1 amide bonds. The van der Waals surface area contributed by atoms with Crippen LogP contribution in [0.5, 0.6) is 0 Å². The van der Waals surface area contributed by atoms with Crippen LogP contribution in [0.2, 0.25) is 0 Å². The first-order chi connectivity index (χ1) is 7.74. The molecule has 0 atom stereocenters. The van der Waals surface area contributed by atoms with E-state index in [1.807, 2.05) is 0 Å². The molecule has 0 saturated carbocycles. The lowest BCUT2D eigenvalue weighted by Crippen LogP contribution is -2.42. The average Bonchev–Trinajstić information content (AvgIpc) is 2.35. The summed E-state index contributed by atoms with van der Waals surface area (Å²) in [4.78, 5) is 13.4. The van der Waals surface area contributed by atoms with Gasteiger partial charge in [-0.2, -0.15) is 0 Å². The highest BCUT2D eigenvalue weighted by atomic mass is 16.5. The highest BCUT2D eigenvalue weighted by molar-refractivity contribution is 5.81. The third-order valence-electron chi connectivity index (χ3n) is 2.31. The Balaban J connectivity index is 2.10. The molecule has 0 aliphatic carbocycles. The molecule has 0 bridgehead atoms. The Kier molecular flexibility index (Phi) is 5.58. The van der Waals surface area contributed by atoms with E-state index in [-0.39, 0.29) is 18.3 Å². The standard InChI is InChI=1S/C9H18N4O3/c10-8(12-15)7-11-2-1-9(14)13-3-5-16-6-4-13/h11,15H,1-7H2,(H2,10,12). The van der Waals surface area contributed by atoms with Gasteiger partial charge < -0.3 is 25.9 Å². The summed E-state index contributed by atoms with van der Waals surface area (Å²) in [6, 6.07) is 0. The number of rotatable bonds is 5. The lowest BCUT2D eigenvalue weighted by molar-refractivity contribution is -0.135. The van der Waals surface area contributed by atoms with E-state index in [0.717, 1.165) is 0 Å². The first-order valence-corrected chi connectivity index (χ1v) is 5.26. The van der Waals surface area contributed by atoms with Crippen LogP contribution in [0, 0.1) is 0 Å². The van der Waals surface area contributed by atoms with Crippen LogP contribution in [0.1, 0.15) is 6.42 Å². The van der Waals surface area contributed by atoms with Crippen molar-refractivity contribution in [2.75, 3.05) is 39.4 Å². The van der Waals surface area contributed by atoms with Gasteiger partial charge in [-0.05, 0) is 0 Å². The van der Waals surface area contributed by atoms with Crippen molar-refractivity contribution in [3.8, 4) is 0 Å². The summed E-state index contributed by atoms with van der Waals surface area (Å²) >= 11 is 0. The van der Waals surface area contributed by atoms with Crippen molar-refractivity contribution in [1.29, 1.82) is 0 Å². The van der Waals surface area contributed by atoms with E-state index in [0.29, 0.717) is 39.3 Å². The number of morpholine rings is 1. The van der Waals surface area contributed by atoms with Gasteiger partial charge in [0.25, 0.3) is 0 Å². The van der Waals surface area contributed by atoms with Gasteiger partial charge in [0.1, 0.15) is 0 Å². The van der Waals surface area contributed by atoms with Crippen molar-refractivity contribution in [2.45, 2.75) is 6.42 Å². The molecule has 0 radical (unpaired) electrons. The van der Waals surface area contributed by atoms with Crippen molar-refractivity contribution >= 4 is 11.7 Å². The number of hydrogen-bond donors (Lipinski definition) is 3. The molecule has 4 N–H and O–H groups in total. The van der Waals surface area contributed by atoms with Crippen molar-refractivity contribution < 1.29 is 14.7 Å². The fraction of sp³-hybridized carbons (Fsp3) is 0.778. The number of carbonyl (C=O) groups excluding carboxylic acids is 1. The monoisotopic (exact) mass is 230 g/mol. The Morgan fingerprint density at radius 2 is 2.19 bits per heavy atom. The van der Waals surface area contributed by atoms with Gasteiger partial charge >= 0.3 is 0 Å². The Bertz CT molecular complexity index is 251. The minimum absolute atomic E-state index is 0.107. The average molecular weight is 230 g/mol. The molecule has 1 heterocycles. The fourth-order valence-corrected chi connectivity index (χ4v) is 1.42. The summed E-state index contributed by atoms with van der Waals surface area (Å²) in [6.45, 7) is 3.37. The molecular formula is C9H18N4O3. The van der Waals surface area contributed by atoms with Gasteiger partial charge in [-0.15, -0.1) is 0 Å². The van der Waals surface area contributed by atoms with Gasteiger partial charge in [-0.25, -0.2) is 0 Å². The van der Waals surface area contributed by atoms with Crippen LogP contribution in [-0.2, 0) is 9.53 Å². The molecule has 7 heteroatoms. The molecule has 16 heavy (non-hydrogen) atoms. The summed E-state index contributed by atoms with van der Waals surface area (Å²) in [5.74, 6) is 0.217. The van der Waals surface area contributed by atoms with Crippen LogP contribution in [-0.4, -0.2) is 61.2 Å². The Hall–Kier alpha value is -1.34. The Labute approximate surface area is 94.2 Å². The summed E-state index contributed by atoms with van der Waals surface area (Å²) < 4.78 is 5.15. The molecule has 0 aromatic rings. The van der Waals surface area contributed by atoms with Crippen LogP contribution in [0.4, 0.5) is 0 Å². The quantitative estimate of drug-likeness (QED) is 0.177. The van der Waals surface area contributed by atoms with Crippen molar-refractivity contribution in [2.24, 2.45) is 10.9 Å². The number of nitrogens with two attached hydrogens (primary N) is 1. The molecule has 0 aromatic heterocycles. The minimum Gasteiger partial charge on any atom is -0.409 e. The predicted molar refractivity (Wildman–Crippen MR) is 58.3 cm³/mol. The van der Waals surface area contributed by atoms with Crippen molar-refractivity contribution in [3.05, 3.63) is 0 Å². The minimum atomic E-state index is 0.107. The van der Waals surface area contributed by atoms with Crippen LogP contribution < -0.4 is 11.1 Å². The summed E-state index contributed by atoms with van der Waals surface area (Å²) in [6.07, 6.45) is 0.415. The number of amides is 1. The maximum absolute atomic E-state index is 11.6. The number of hydrogen-bond acceptors (Lipinski definition) is 5. The van der Waals surface area contributed by atoms with Gasteiger partial charge in [-0.3, -0.25) is 4.79 Å². The maximum atomic E-state index is 11.6. The largest absolute Gasteiger partial charge is 0.409 e. The normalized spacial score (nSPS) is 17.5. The Morgan fingerprint density at radius 3 is 2.81 bits per heavy atom. The van der Waals surface area contributed by atoms with Crippen LogP contribution in [0.3, 0.4) is 0 Å². The fourth-order valence-electron chi connectivity index (χ4n) is 1.42. The van der Waals surface area contributed by atoms with E-state index in [1.165, 1.54) is 0 Å². The highest BCUT2D eigenvalue weighted by Crippen LogP contribution is 1.99. The van der Waals surface area contributed by atoms with E-state index >= 15 is 0 Å². The molecular weight excluding hydrogens is 212 g/mol. The van der Waals surface area contributed by atoms with Gasteiger partial charge in [0.2, 0.25) is 5.91 Å². The van der Waals surface area contributed by atoms with E-state index in [9.17, 15) is 4.79 Å². The van der Waals surface area contributed by atoms with E-state index in [1.54, 1.807) is 4.90 Å². The third-order valence-corrected chi connectivity index (χ3v) is 2.31. The van der Waals surface area contributed by atoms with Crippen LogP contribution in [0.25, 0.3) is 0 Å². The first-order valence-electron chi connectivity index (χ1n) is 5.26. The van der Waals surface area contributed by atoms with Gasteiger partial charge in [0.15, 0.2) is 5.84 Å². The molecule has 1 fully saturated rings. The number of amidine groups is 1. The van der Waals surface area contributed by atoms with Gasteiger partial charge in [-0.1, -0.05) is 5.16 Å². The molecule has 7 nitrogen and oxygen atoms in total. The zero-order valence-corrected chi connectivity index (χ0v) is 9.19. The summed E-state index contributed by atoms with van der Waals surface area (Å²) in [7, 11) is 0. The predicted octanol–water partition coefficient (Wildman–Crippen LogP) is -1.43. The second-order valence-electron chi connectivity index (χ2n) is 3.51. The van der Waals surface area contributed by atoms with Gasteiger partial charge in [0.05, 0.1) is 19.8 Å². The molecule has 0 unspecified atom stereocenters. The number of nitrogens with zero attached hydrogens (tertiary/aromatic N) is 2. The number of carbonyl (C=O) groups is 1. The van der Waals surface area contributed by atoms with Gasteiger partial charge in [0, 0.05) is 26.1 Å². The van der Waals surface area contributed by atoms with E-state index in [4.69, 9.17) is 15.7 Å². The molecule has 0 aromatic carbocycles. The third kappa shape index (κ3) is 4.45. The molecule has 92 valence electrons. The zero-order chi connectivity index (χ0) is 11.8. The highest BCUT2D eigenvalue weighted by Gasteiger charge is 2.15. The maximum Gasteiger partial charge on any atom is 0.224 e.